The van der Waals surface area contributed by atoms with Crippen molar-refractivity contribution >= 4 is 34.1 Å². The average molecular weight is 407 g/mol. The maximum Gasteiger partial charge on any atom is 0.257 e. The number of nitrogens with zero attached hydrogens (tertiary/aromatic N) is 1. The number of fused-ring (bicyclic) bond motifs is 1. The van der Waals surface area contributed by atoms with Crippen LogP contribution in [0.15, 0.2) is 60.8 Å². The lowest BCUT2D eigenvalue weighted by atomic mass is 10.0. The van der Waals surface area contributed by atoms with Gasteiger partial charge in [0.25, 0.3) is 5.91 Å². The lowest BCUT2D eigenvalue weighted by Crippen LogP contribution is -2.49. The number of carbonyl (C=O) groups excluding carboxylic acids is 1. The van der Waals surface area contributed by atoms with Crippen molar-refractivity contribution in [1.82, 2.24) is 20.5 Å². The van der Waals surface area contributed by atoms with Crippen molar-refractivity contribution < 1.29 is 4.79 Å². The highest BCUT2D eigenvalue weighted by Gasteiger charge is 2.20. The van der Waals surface area contributed by atoms with Gasteiger partial charge in [-0.15, -0.1) is 0 Å². The second kappa shape index (κ2) is 9.20. The summed E-state index contributed by atoms with van der Waals surface area (Å²) in [5.74, 6) is -0.167. The van der Waals surface area contributed by atoms with Crippen LogP contribution in [0.25, 0.3) is 10.9 Å². The zero-order chi connectivity index (χ0) is 20.1. The quantitative estimate of drug-likeness (QED) is 0.568. The molecule has 0 radical (unpaired) electrons. The molecule has 0 aliphatic carbocycles. The van der Waals surface area contributed by atoms with Gasteiger partial charge in [0.15, 0.2) is 5.11 Å². The van der Waals surface area contributed by atoms with E-state index in [2.05, 4.69) is 51.0 Å². The third-order valence-electron chi connectivity index (χ3n) is 5.56. The number of H-pyrrole nitrogens is 1. The topological polar surface area (TPSA) is 60.2 Å². The molecule has 29 heavy (non-hydrogen) atoms. The number of benzene rings is 2. The number of amides is 1. The van der Waals surface area contributed by atoms with Crippen molar-refractivity contribution in [1.29, 1.82) is 0 Å². The number of hydrogen-bond acceptors (Lipinski definition) is 3. The number of aromatic nitrogens is 1. The number of piperidine rings is 1. The zero-order valence-corrected chi connectivity index (χ0v) is 17.2. The minimum Gasteiger partial charge on any atom is -0.361 e. The van der Waals surface area contributed by atoms with Crippen LogP contribution in [0, 0.1) is 0 Å². The van der Waals surface area contributed by atoms with E-state index in [1.54, 1.807) is 12.1 Å². The first-order valence-corrected chi connectivity index (χ1v) is 10.5. The van der Waals surface area contributed by atoms with E-state index in [0.29, 0.717) is 16.7 Å². The molecule has 6 heteroatoms. The van der Waals surface area contributed by atoms with Gasteiger partial charge in [-0.2, -0.15) is 0 Å². The number of nitrogens with one attached hydrogen (secondary N) is 3. The number of para-hydroxylation sites is 1. The Bertz CT molecular complexity index is 977. The standard InChI is InChI=1S/C23H26N4OS/c28-22(17-6-2-1-3-7-17)26-23(29)25-19-11-14-27(15-12-19)13-10-18-16-24-21-9-5-4-8-20(18)21/h1-9,16,19,24H,10-15H2,(H2,25,26,28,29). The van der Waals surface area contributed by atoms with Gasteiger partial charge in [0.1, 0.15) is 0 Å². The van der Waals surface area contributed by atoms with Crippen molar-refractivity contribution in [2.75, 3.05) is 19.6 Å². The summed E-state index contributed by atoms with van der Waals surface area (Å²) in [5, 5.41) is 7.82. The predicted octanol–water partition coefficient (Wildman–Crippen LogP) is 3.48. The molecule has 2 heterocycles. The molecule has 1 saturated heterocycles. The lowest BCUT2D eigenvalue weighted by Gasteiger charge is -2.32. The number of likely N-dealkylation sites (tertiary alicyclic amines) is 1. The fourth-order valence-electron chi connectivity index (χ4n) is 3.90. The van der Waals surface area contributed by atoms with Crippen LogP contribution in [0.3, 0.4) is 0 Å². The molecule has 0 unspecified atom stereocenters. The van der Waals surface area contributed by atoms with Gasteiger partial charge in [-0.05, 0) is 55.2 Å². The molecule has 0 bridgehead atoms. The lowest BCUT2D eigenvalue weighted by molar-refractivity contribution is 0.0976. The van der Waals surface area contributed by atoms with Crippen LogP contribution >= 0.6 is 12.2 Å². The fraction of sp³-hybridized carbons (Fsp3) is 0.304. The van der Waals surface area contributed by atoms with E-state index in [1.165, 1.54) is 16.5 Å². The third kappa shape index (κ3) is 5.02. The number of hydrogen-bond donors (Lipinski definition) is 3. The molecule has 4 rings (SSSR count). The van der Waals surface area contributed by atoms with Crippen LogP contribution in [0.2, 0.25) is 0 Å². The maximum atomic E-state index is 12.2. The van der Waals surface area contributed by atoms with Crippen LogP contribution < -0.4 is 10.6 Å². The molecule has 1 aliphatic rings. The highest BCUT2D eigenvalue weighted by molar-refractivity contribution is 7.80. The Morgan fingerprint density at radius 2 is 1.79 bits per heavy atom. The second-order valence-electron chi connectivity index (χ2n) is 7.52. The Balaban J connectivity index is 1.20. The minimum atomic E-state index is -0.167. The molecule has 1 aromatic heterocycles. The average Bonchev–Trinajstić information content (AvgIpc) is 3.17. The van der Waals surface area contributed by atoms with Crippen molar-refractivity contribution in [3.63, 3.8) is 0 Å². The van der Waals surface area contributed by atoms with E-state index in [0.717, 1.165) is 38.9 Å². The normalized spacial score (nSPS) is 15.3. The van der Waals surface area contributed by atoms with Crippen LogP contribution in [0.4, 0.5) is 0 Å². The van der Waals surface area contributed by atoms with E-state index in [1.807, 2.05) is 18.2 Å². The number of rotatable bonds is 5. The largest absolute Gasteiger partial charge is 0.361 e. The smallest absolute Gasteiger partial charge is 0.257 e. The summed E-state index contributed by atoms with van der Waals surface area (Å²) in [6.45, 7) is 3.13. The summed E-state index contributed by atoms with van der Waals surface area (Å²) >= 11 is 5.33. The Hall–Kier alpha value is -2.70. The second-order valence-corrected chi connectivity index (χ2v) is 7.93. The summed E-state index contributed by atoms with van der Waals surface area (Å²) in [6, 6.07) is 17.9. The number of thiocarbonyl (C=S) groups is 1. The number of aromatic amines is 1. The van der Waals surface area contributed by atoms with Gasteiger partial charge < -0.3 is 15.2 Å². The van der Waals surface area contributed by atoms with Gasteiger partial charge in [-0.1, -0.05) is 36.4 Å². The van der Waals surface area contributed by atoms with E-state index < -0.39 is 0 Å². The Labute approximate surface area is 176 Å². The molecule has 1 aliphatic heterocycles. The molecule has 150 valence electrons. The van der Waals surface area contributed by atoms with Gasteiger partial charge in [0, 0.05) is 48.3 Å². The molecule has 0 saturated carbocycles. The van der Waals surface area contributed by atoms with Crippen molar-refractivity contribution in [2.24, 2.45) is 0 Å². The molecular formula is C23H26N4OS. The number of carbonyl (C=O) groups is 1. The summed E-state index contributed by atoms with van der Waals surface area (Å²) in [4.78, 5) is 18.1. The molecule has 1 fully saturated rings. The molecule has 2 aromatic carbocycles. The predicted molar refractivity (Wildman–Crippen MR) is 121 cm³/mol. The van der Waals surface area contributed by atoms with E-state index in [4.69, 9.17) is 12.2 Å². The molecule has 0 spiro atoms. The van der Waals surface area contributed by atoms with E-state index in [9.17, 15) is 4.79 Å². The summed E-state index contributed by atoms with van der Waals surface area (Å²) < 4.78 is 0. The van der Waals surface area contributed by atoms with Crippen LogP contribution in [0.5, 0.6) is 0 Å². The van der Waals surface area contributed by atoms with Crippen LogP contribution in [-0.2, 0) is 6.42 Å². The molecule has 1 amide bonds. The first-order valence-electron chi connectivity index (χ1n) is 10.1. The summed E-state index contributed by atoms with van der Waals surface area (Å²) in [7, 11) is 0. The first kappa shape index (κ1) is 19.6. The maximum absolute atomic E-state index is 12.2. The first-order chi connectivity index (χ1) is 14.2. The minimum absolute atomic E-state index is 0.167. The van der Waals surface area contributed by atoms with Gasteiger partial charge in [-0.25, -0.2) is 0 Å². The van der Waals surface area contributed by atoms with E-state index in [-0.39, 0.29) is 5.91 Å². The fourth-order valence-corrected chi connectivity index (χ4v) is 4.16. The molecular weight excluding hydrogens is 380 g/mol. The van der Waals surface area contributed by atoms with Crippen molar-refractivity contribution in [2.45, 2.75) is 25.3 Å². The van der Waals surface area contributed by atoms with Gasteiger partial charge in [0.2, 0.25) is 0 Å². The summed E-state index contributed by atoms with van der Waals surface area (Å²) in [6.07, 6.45) is 5.23. The Morgan fingerprint density at radius 1 is 1.07 bits per heavy atom. The molecule has 0 atom stereocenters. The van der Waals surface area contributed by atoms with Crippen LogP contribution in [0.1, 0.15) is 28.8 Å². The third-order valence-corrected chi connectivity index (χ3v) is 5.78. The highest BCUT2D eigenvalue weighted by Crippen LogP contribution is 2.19. The summed E-state index contributed by atoms with van der Waals surface area (Å²) in [5.41, 5.74) is 3.20. The monoisotopic (exact) mass is 406 g/mol. The van der Waals surface area contributed by atoms with Crippen LogP contribution in [-0.4, -0.2) is 46.6 Å². The Morgan fingerprint density at radius 3 is 2.59 bits per heavy atom. The molecule has 5 nitrogen and oxygen atoms in total. The molecule has 3 aromatic rings. The van der Waals surface area contributed by atoms with Crippen molar-refractivity contribution in [3.05, 3.63) is 71.9 Å². The highest BCUT2D eigenvalue weighted by atomic mass is 32.1. The zero-order valence-electron chi connectivity index (χ0n) is 16.4. The van der Waals surface area contributed by atoms with Gasteiger partial charge in [-0.3, -0.25) is 10.1 Å². The van der Waals surface area contributed by atoms with E-state index >= 15 is 0 Å². The SMILES string of the molecule is O=C(NC(=S)NC1CCN(CCc2c[nH]c3ccccc23)CC1)c1ccccc1. The Kier molecular flexibility index (Phi) is 6.22. The van der Waals surface area contributed by atoms with Gasteiger partial charge in [0.05, 0.1) is 0 Å². The van der Waals surface area contributed by atoms with Crippen molar-refractivity contribution in [3.8, 4) is 0 Å². The van der Waals surface area contributed by atoms with Gasteiger partial charge >= 0.3 is 0 Å². The molecule has 3 N–H and O–H groups in total.